The Bertz CT molecular complexity index is 502. The molecule has 0 spiro atoms. The number of alkyl halides is 2. The summed E-state index contributed by atoms with van der Waals surface area (Å²) in [6.45, 7) is 1.31. The van der Waals surface area contributed by atoms with Crippen LogP contribution >= 0.6 is 10.0 Å². The number of halogens is 2. The highest BCUT2D eigenvalue weighted by atomic mass is 32.3. The van der Waals surface area contributed by atoms with Gasteiger partial charge in [0.1, 0.15) is 0 Å². The quantitative estimate of drug-likeness (QED) is 0.811. The smallest absolute Gasteiger partial charge is 0.265 e. The number of aromatic nitrogens is 2. The highest BCUT2D eigenvalue weighted by molar-refractivity contribution is 8.32. The van der Waals surface area contributed by atoms with Crippen molar-refractivity contribution in [2.45, 2.75) is 25.3 Å². The number of nitrogens with zero attached hydrogens (tertiary/aromatic N) is 3. The van der Waals surface area contributed by atoms with Crippen LogP contribution in [0.3, 0.4) is 0 Å². The Morgan fingerprint density at radius 3 is 2.77 bits per heavy atom. The lowest BCUT2D eigenvalue weighted by molar-refractivity contribution is -0.0120. The van der Waals surface area contributed by atoms with Crippen molar-refractivity contribution in [3.8, 4) is 0 Å². The van der Waals surface area contributed by atoms with Crippen LogP contribution in [-0.2, 0) is 11.3 Å². The molecule has 0 unspecified atom stereocenters. The number of hydrogen-bond donors (Lipinski definition) is 1. The zero-order valence-electron chi connectivity index (χ0n) is 13.5. The van der Waals surface area contributed by atoms with Gasteiger partial charge < -0.3 is 15.4 Å². The van der Waals surface area contributed by atoms with Gasteiger partial charge in [-0.3, -0.25) is 0 Å². The maximum atomic E-state index is 13.6. The molecule has 22 heavy (non-hydrogen) atoms. The molecule has 1 fully saturated rings. The fourth-order valence-corrected chi connectivity index (χ4v) is 3.13. The highest BCUT2D eigenvalue weighted by Crippen LogP contribution is 2.34. The third-order valence-corrected chi connectivity index (χ3v) is 4.29. The number of nitrogen functional groups attached to an aromatic ring is 1. The monoisotopic (exact) mass is 336 g/mol. The first-order valence-electron chi connectivity index (χ1n) is 7.36. The molecule has 0 aliphatic carbocycles. The van der Waals surface area contributed by atoms with Crippen LogP contribution < -0.4 is 10.6 Å². The molecule has 1 aliphatic heterocycles. The largest absolute Gasteiger partial charge is 0.394 e. The lowest BCUT2D eigenvalue weighted by Crippen LogP contribution is -2.43. The Morgan fingerprint density at radius 1 is 1.41 bits per heavy atom. The minimum absolute atomic E-state index is 0.0605. The average Bonchev–Trinajstić information content (AvgIpc) is 2.73. The van der Waals surface area contributed by atoms with Crippen molar-refractivity contribution in [1.29, 1.82) is 0 Å². The van der Waals surface area contributed by atoms with Crippen molar-refractivity contribution in [1.82, 2.24) is 9.78 Å². The van der Waals surface area contributed by atoms with Gasteiger partial charge in [0.2, 0.25) is 0 Å². The normalized spacial score (nSPS) is 19.4. The molecular formula is C14H26F2N4OS. The van der Waals surface area contributed by atoms with E-state index < -0.39 is 16.0 Å². The maximum absolute atomic E-state index is 13.6. The molecule has 0 aromatic carbocycles. The van der Waals surface area contributed by atoms with Crippen molar-refractivity contribution in [3.05, 3.63) is 6.20 Å². The zero-order valence-corrected chi connectivity index (χ0v) is 14.3. The van der Waals surface area contributed by atoms with Crippen LogP contribution in [0.25, 0.3) is 0 Å². The lowest BCUT2D eigenvalue weighted by atomic mass is 10.1. The van der Waals surface area contributed by atoms with Crippen molar-refractivity contribution in [3.63, 3.8) is 0 Å². The number of anilines is 2. The van der Waals surface area contributed by atoms with Gasteiger partial charge >= 0.3 is 0 Å². The van der Waals surface area contributed by atoms with Gasteiger partial charge in [0.15, 0.2) is 5.82 Å². The molecule has 0 radical (unpaired) electrons. The number of hydrogen-bond acceptors (Lipinski definition) is 4. The molecule has 1 aliphatic rings. The van der Waals surface area contributed by atoms with Gasteiger partial charge in [-0.05, 0) is 25.2 Å². The summed E-state index contributed by atoms with van der Waals surface area (Å²) in [4.78, 5) is 1.64. The molecule has 2 N–H and O–H groups in total. The summed E-state index contributed by atoms with van der Waals surface area (Å²) >= 11 is 0. The van der Waals surface area contributed by atoms with Gasteiger partial charge in [-0.25, -0.2) is 23.5 Å². The summed E-state index contributed by atoms with van der Waals surface area (Å²) in [6.07, 6.45) is 8.47. The van der Waals surface area contributed by atoms with Gasteiger partial charge in [-0.15, -0.1) is 0 Å². The molecule has 2 rings (SSSR count). The van der Waals surface area contributed by atoms with Gasteiger partial charge in [-0.2, -0.15) is 5.10 Å². The second kappa shape index (κ2) is 6.62. The van der Waals surface area contributed by atoms with Crippen LogP contribution in [0.4, 0.5) is 20.3 Å². The molecule has 1 aromatic rings. The van der Waals surface area contributed by atoms with Crippen molar-refractivity contribution < 1.29 is 13.5 Å². The van der Waals surface area contributed by atoms with E-state index in [9.17, 15) is 8.78 Å². The average molecular weight is 336 g/mol. The first kappa shape index (κ1) is 17.3. The van der Waals surface area contributed by atoms with Crippen molar-refractivity contribution in [2.24, 2.45) is 0 Å². The van der Waals surface area contributed by atoms with Gasteiger partial charge in [-0.1, -0.05) is 0 Å². The van der Waals surface area contributed by atoms with Crippen LogP contribution in [0, 0.1) is 0 Å². The van der Waals surface area contributed by atoms with Crippen LogP contribution in [0.1, 0.15) is 12.8 Å². The topological polar surface area (TPSA) is 56.3 Å². The predicted molar refractivity (Wildman–Crippen MR) is 89.2 cm³/mol. The molecule has 8 heteroatoms. The Labute approximate surface area is 132 Å². The second-order valence-corrected chi connectivity index (χ2v) is 11.1. The third-order valence-electron chi connectivity index (χ3n) is 3.42. The summed E-state index contributed by atoms with van der Waals surface area (Å²) in [5.41, 5.74) is 6.37. The van der Waals surface area contributed by atoms with Crippen LogP contribution in [0.2, 0.25) is 0 Å². The van der Waals surface area contributed by atoms with Gasteiger partial charge in [0.05, 0.1) is 37.5 Å². The molecule has 0 atom stereocenters. The Balaban J connectivity index is 1.99. The highest BCUT2D eigenvalue weighted by Gasteiger charge is 2.36. The molecule has 2 heterocycles. The van der Waals surface area contributed by atoms with E-state index >= 15 is 0 Å². The van der Waals surface area contributed by atoms with Crippen LogP contribution in [0.15, 0.2) is 6.20 Å². The van der Waals surface area contributed by atoms with E-state index in [2.05, 4.69) is 23.9 Å². The molecular weight excluding hydrogens is 310 g/mol. The van der Waals surface area contributed by atoms with E-state index in [1.165, 1.54) is 6.20 Å². The fraction of sp³-hybridized carbons (Fsp3) is 0.786. The van der Waals surface area contributed by atoms with Gasteiger partial charge in [0, 0.05) is 13.0 Å². The maximum Gasteiger partial charge on any atom is 0.265 e. The Hall–Kier alpha value is -1.02. The summed E-state index contributed by atoms with van der Waals surface area (Å²) in [6, 6.07) is 0. The Morgan fingerprint density at radius 2 is 2.14 bits per heavy atom. The molecule has 0 bridgehead atoms. The van der Waals surface area contributed by atoms with E-state index in [0.29, 0.717) is 37.6 Å². The molecule has 1 saturated heterocycles. The Kier molecular flexibility index (Phi) is 5.21. The van der Waals surface area contributed by atoms with E-state index in [1.807, 2.05) is 0 Å². The first-order valence-corrected chi connectivity index (χ1v) is 10.4. The summed E-state index contributed by atoms with van der Waals surface area (Å²) in [7, 11) is -0.706. The first-order chi connectivity index (χ1) is 10.2. The minimum Gasteiger partial charge on any atom is -0.394 e. The second-order valence-electron chi connectivity index (χ2n) is 6.64. The third kappa shape index (κ3) is 4.74. The predicted octanol–water partition coefficient (Wildman–Crippen LogP) is 2.37. The van der Waals surface area contributed by atoms with Crippen molar-refractivity contribution in [2.75, 3.05) is 55.0 Å². The standard InChI is InChI=1S/C14H26F2N4OS/c1-22(2,3)11-21-8-7-20-13(12(17)9-18-20)19-6-4-5-14(15,16)10-19/h9H,4-8,10-11,17H2,1-3H3. The number of piperidine rings is 1. The summed E-state index contributed by atoms with van der Waals surface area (Å²) < 4.78 is 34.6. The SMILES string of the molecule is CS(C)(C)COCCn1ncc(N)c1N1CCCC(F)(F)C1. The molecule has 0 saturated carbocycles. The fourth-order valence-electron chi connectivity index (χ4n) is 2.51. The number of ether oxygens (including phenoxy) is 1. The van der Waals surface area contributed by atoms with Crippen LogP contribution in [-0.4, -0.2) is 60.1 Å². The van der Waals surface area contributed by atoms with Gasteiger partial charge in [0.25, 0.3) is 5.92 Å². The van der Waals surface area contributed by atoms with Crippen molar-refractivity contribution >= 4 is 21.5 Å². The van der Waals surface area contributed by atoms with Crippen LogP contribution in [0.5, 0.6) is 0 Å². The molecule has 1 aromatic heterocycles. The number of nitrogens with two attached hydrogens (primary N) is 1. The van der Waals surface area contributed by atoms with E-state index in [4.69, 9.17) is 10.5 Å². The zero-order chi connectivity index (χ0) is 16.4. The summed E-state index contributed by atoms with van der Waals surface area (Å²) in [5, 5.41) is 4.20. The molecule has 128 valence electrons. The lowest BCUT2D eigenvalue weighted by Gasteiger charge is -2.34. The van der Waals surface area contributed by atoms with E-state index in [-0.39, 0.29) is 13.0 Å². The molecule has 5 nitrogen and oxygen atoms in total. The molecule has 0 amide bonds. The minimum atomic E-state index is -2.66. The van der Waals surface area contributed by atoms with E-state index in [1.54, 1.807) is 9.58 Å². The summed E-state index contributed by atoms with van der Waals surface area (Å²) in [5.74, 6) is -1.35. The van der Waals surface area contributed by atoms with E-state index in [0.717, 1.165) is 5.94 Å². The number of rotatable bonds is 6.